The van der Waals surface area contributed by atoms with E-state index in [1.54, 1.807) is 32.1 Å². The van der Waals surface area contributed by atoms with Crippen molar-refractivity contribution in [3.05, 3.63) is 0 Å². The zero-order valence-electron chi connectivity index (χ0n) is 16.3. The van der Waals surface area contributed by atoms with E-state index in [2.05, 4.69) is 13.8 Å². The molecule has 0 saturated heterocycles. The molecule has 23 heavy (non-hydrogen) atoms. The molecule has 0 spiro atoms. The van der Waals surface area contributed by atoms with Crippen molar-refractivity contribution in [3.63, 3.8) is 0 Å². The smallest absolute Gasteiger partial charge is 0.0383 e. The summed E-state index contributed by atoms with van der Waals surface area (Å²) in [5, 5.41) is 0. The highest BCUT2D eigenvalue weighted by Crippen LogP contribution is 2.41. The van der Waals surface area contributed by atoms with Gasteiger partial charge in [0.25, 0.3) is 0 Å². The van der Waals surface area contributed by atoms with E-state index in [4.69, 9.17) is 0 Å². The third-order valence-corrected chi connectivity index (χ3v) is 7.19. The molecule has 0 heteroatoms. The summed E-state index contributed by atoms with van der Waals surface area (Å²) in [6, 6.07) is 0. The zero-order chi connectivity index (χ0) is 16.3. The Balaban J connectivity index is 1.95. The van der Waals surface area contributed by atoms with Gasteiger partial charge in [0.2, 0.25) is 0 Å². The van der Waals surface area contributed by atoms with Crippen molar-refractivity contribution in [3.8, 4) is 0 Å². The van der Waals surface area contributed by atoms with Crippen molar-refractivity contribution in [1.82, 2.24) is 0 Å². The van der Waals surface area contributed by atoms with Crippen molar-refractivity contribution in [2.24, 2.45) is 23.7 Å². The van der Waals surface area contributed by atoms with Gasteiger partial charge < -0.3 is 0 Å². The van der Waals surface area contributed by atoms with Gasteiger partial charge in [0.1, 0.15) is 0 Å². The summed E-state index contributed by atoms with van der Waals surface area (Å²) in [5.74, 6) is 4.25. The van der Waals surface area contributed by atoms with Gasteiger partial charge in [-0.05, 0) is 30.1 Å². The van der Waals surface area contributed by atoms with Crippen LogP contribution in [0.4, 0.5) is 0 Å². The van der Waals surface area contributed by atoms with Crippen molar-refractivity contribution >= 4 is 0 Å². The van der Waals surface area contributed by atoms with Gasteiger partial charge in [-0.3, -0.25) is 0 Å². The lowest BCUT2D eigenvalue weighted by molar-refractivity contribution is 0.149. The summed E-state index contributed by atoms with van der Waals surface area (Å²) in [6.45, 7) is 4.83. The van der Waals surface area contributed by atoms with Crippen LogP contribution in [0.1, 0.15) is 123 Å². The second kappa shape index (κ2) is 11.5. The van der Waals surface area contributed by atoms with Crippen LogP contribution >= 0.6 is 0 Å². The first-order valence-electron chi connectivity index (χ1n) is 11.3. The first-order chi connectivity index (χ1) is 11.3. The summed E-state index contributed by atoms with van der Waals surface area (Å²) >= 11 is 0. The van der Waals surface area contributed by atoms with Crippen LogP contribution in [0.2, 0.25) is 0 Å². The fourth-order valence-electron chi connectivity index (χ4n) is 5.67. The molecule has 2 aliphatic rings. The summed E-state index contributed by atoms with van der Waals surface area (Å²) < 4.78 is 0. The van der Waals surface area contributed by atoms with Gasteiger partial charge in [-0.25, -0.2) is 0 Å². The maximum Gasteiger partial charge on any atom is -0.0383 e. The molecule has 0 aromatic rings. The molecule has 0 aliphatic heterocycles. The largest absolute Gasteiger partial charge is 0.0654 e. The van der Waals surface area contributed by atoms with Crippen LogP contribution in [0.25, 0.3) is 0 Å². The molecule has 0 nitrogen and oxygen atoms in total. The maximum atomic E-state index is 2.46. The van der Waals surface area contributed by atoms with Crippen molar-refractivity contribution in [2.75, 3.05) is 0 Å². The summed E-state index contributed by atoms with van der Waals surface area (Å²) in [5.41, 5.74) is 0. The van der Waals surface area contributed by atoms with Gasteiger partial charge in [-0.15, -0.1) is 0 Å². The van der Waals surface area contributed by atoms with E-state index in [9.17, 15) is 0 Å². The molecule has 2 rings (SSSR count). The fraction of sp³-hybridized carbons (Fsp3) is 1.00. The van der Waals surface area contributed by atoms with Gasteiger partial charge in [-0.2, -0.15) is 0 Å². The van der Waals surface area contributed by atoms with Crippen LogP contribution in [0.5, 0.6) is 0 Å². The minimum Gasteiger partial charge on any atom is -0.0654 e. The van der Waals surface area contributed by atoms with E-state index in [1.165, 1.54) is 77.0 Å². The number of hydrogen-bond donors (Lipinski definition) is 0. The standard InChI is InChI=1S/C23H44/c1-3-5-14-20(4-2)22-17-12-9-13-18-23(19-22)21-15-10-7-6-8-11-16-21/h20-23H,3-19H2,1-2H3. The van der Waals surface area contributed by atoms with E-state index in [0.717, 1.165) is 23.7 Å². The predicted octanol–water partition coefficient (Wildman–Crippen LogP) is 8.15. The van der Waals surface area contributed by atoms with E-state index in [-0.39, 0.29) is 0 Å². The highest BCUT2D eigenvalue weighted by Gasteiger charge is 2.29. The monoisotopic (exact) mass is 320 g/mol. The minimum atomic E-state index is 1.03. The molecule has 0 aromatic heterocycles. The van der Waals surface area contributed by atoms with Crippen LogP contribution in [-0.4, -0.2) is 0 Å². The molecule has 0 N–H and O–H groups in total. The average molecular weight is 321 g/mol. The molecule has 2 saturated carbocycles. The quantitative estimate of drug-likeness (QED) is 0.463. The fourth-order valence-corrected chi connectivity index (χ4v) is 5.67. The van der Waals surface area contributed by atoms with E-state index >= 15 is 0 Å². The highest BCUT2D eigenvalue weighted by atomic mass is 14.3. The molecule has 0 bridgehead atoms. The third kappa shape index (κ3) is 6.79. The zero-order valence-corrected chi connectivity index (χ0v) is 16.3. The molecular formula is C23H44. The first-order valence-corrected chi connectivity index (χ1v) is 11.3. The van der Waals surface area contributed by atoms with Crippen LogP contribution < -0.4 is 0 Å². The Bertz CT molecular complexity index is 274. The van der Waals surface area contributed by atoms with Gasteiger partial charge >= 0.3 is 0 Å². The van der Waals surface area contributed by atoms with Gasteiger partial charge in [-0.1, -0.05) is 117 Å². The molecule has 136 valence electrons. The van der Waals surface area contributed by atoms with Crippen LogP contribution in [0.15, 0.2) is 0 Å². The Morgan fingerprint density at radius 1 is 0.696 bits per heavy atom. The van der Waals surface area contributed by atoms with Gasteiger partial charge in [0.05, 0.1) is 0 Å². The average Bonchev–Trinajstić information content (AvgIpc) is 2.50. The lowest BCUT2D eigenvalue weighted by Gasteiger charge is -2.36. The van der Waals surface area contributed by atoms with E-state index in [0.29, 0.717) is 0 Å². The SMILES string of the molecule is CCCCC(CC)C1CCCCCC(C2CCCCCCC2)C1. The molecule has 0 radical (unpaired) electrons. The molecule has 0 aromatic carbocycles. The Labute approximate surface area is 147 Å². The number of hydrogen-bond acceptors (Lipinski definition) is 0. The minimum absolute atomic E-state index is 1.03. The topological polar surface area (TPSA) is 0 Å². The van der Waals surface area contributed by atoms with Crippen molar-refractivity contribution in [2.45, 2.75) is 123 Å². The second-order valence-electron chi connectivity index (χ2n) is 8.81. The van der Waals surface area contributed by atoms with Gasteiger partial charge in [0, 0.05) is 0 Å². The summed E-state index contributed by atoms with van der Waals surface area (Å²) in [7, 11) is 0. The molecule has 3 unspecified atom stereocenters. The van der Waals surface area contributed by atoms with E-state index in [1.807, 2.05) is 0 Å². The summed E-state index contributed by atoms with van der Waals surface area (Å²) in [4.78, 5) is 0. The van der Waals surface area contributed by atoms with E-state index < -0.39 is 0 Å². The predicted molar refractivity (Wildman–Crippen MR) is 104 cm³/mol. The number of unbranched alkanes of at least 4 members (excludes halogenated alkanes) is 1. The lowest BCUT2D eigenvalue weighted by atomic mass is 9.69. The Morgan fingerprint density at radius 2 is 1.26 bits per heavy atom. The molecule has 0 heterocycles. The van der Waals surface area contributed by atoms with Crippen LogP contribution in [-0.2, 0) is 0 Å². The normalized spacial score (nSPS) is 30.0. The third-order valence-electron chi connectivity index (χ3n) is 7.19. The lowest BCUT2D eigenvalue weighted by Crippen LogP contribution is -2.25. The molecule has 2 fully saturated rings. The van der Waals surface area contributed by atoms with Crippen molar-refractivity contribution in [1.29, 1.82) is 0 Å². The first kappa shape index (κ1) is 19.3. The van der Waals surface area contributed by atoms with Gasteiger partial charge in [0.15, 0.2) is 0 Å². The molecule has 2 aliphatic carbocycles. The number of rotatable bonds is 6. The van der Waals surface area contributed by atoms with Crippen LogP contribution in [0, 0.1) is 23.7 Å². The summed E-state index contributed by atoms with van der Waals surface area (Å²) in [6.07, 6.45) is 25.8. The Kier molecular flexibility index (Phi) is 9.69. The maximum absolute atomic E-state index is 2.46. The molecule has 0 amide bonds. The molecule has 3 atom stereocenters. The Morgan fingerprint density at radius 3 is 1.91 bits per heavy atom. The van der Waals surface area contributed by atoms with Crippen LogP contribution in [0.3, 0.4) is 0 Å². The van der Waals surface area contributed by atoms with Crippen molar-refractivity contribution < 1.29 is 0 Å². The second-order valence-corrected chi connectivity index (χ2v) is 8.81. The molecular weight excluding hydrogens is 276 g/mol. The Hall–Kier alpha value is 0. The highest BCUT2D eigenvalue weighted by molar-refractivity contribution is 4.80.